The molecule has 4 bridgehead atoms. The Labute approximate surface area is 115 Å². The number of fused-ring (bicyclic) bond motifs is 4. The first kappa shape index (κ1) is 12.0. The monoisotopic (exact) mass is 260 g/mol. The van der Waals surface area contributed by atoms with Gasteiger partial charge in [0, 0.05) is 5.92 Å². The molecular formula is C17H24O2. The van der Waals surface area contributed by atoms with Crippen molar-refractivity contribution < 1.29 is 9.53 Å². The number of esters is 1. The molecular weight excluding hydrogens is 236 g/mol. The Morgan fingerprint density at radius 2 is 2.00 bits per heavy atom. The van der Waals surface area contributed by atoms with Crippen molar-refractivity contribution >= 4 is 5.97 Å². The van der Waals surface area contributed by atoms with E-state index in [4.69, 9.17) is 4.74 Å². The van der Waals surface area contributed by atoms with E-state index in [-0.39, 0.29) is 18.0 Å². The summed E-state index contributed by atoms with van der Waals surface area (Å²) >= 11 is 0. The molecule has 0 aromatic rings. The van der Waals surface area contributed by atoms with Crippen LogP contribution >= 0.6 is 0 Å². The minimum atomic E-state index is 0.102. The molecule has 0 N–H and O–H groups in total. The van der Waals surface area contributed by atoms with Gasteiger partial charge in [0.25, 0.3) is 0 Å². The van der Waals surface area contributed by atoms with E-state index < -0.39 is 0 Å². The van der Waals surface area contributed by atoms with Crippen molar-refractivity contribution in [3.05, 3.63) is 12.2 Å². The molecule has 6 atom stereocenters. The Hall–Kier alpha value is -0.790. The van der Waals surface area contributed by atoms with Crippen LogP contribution in [0.2, 0.25) is 0 Å². The van der Waals surface area contributed by atoms with Crippen molar-refractivity contribution in [2.45, 2.75) is 52.1 Å². The third kappa shape index (κ3) is 1.64. The highest BCUT2D eigenvalue weighted by Crippen LogP contribution is 2.58. The van der Waals surface area contributed by atoms with Crippen LogP contribution in [0.15, 0.2) is 12.2 Å². The molecule has 6 unspecified atom stereocenters. The van der Waals surface area contributed by atoms with E-state index in [1.165, 1.54) is 19.3 Å². The van der Waals surface area contributed by atoms with Crippen LogP contribution in [0, 0.1) is 35.0 Å². The smallest absolute Gasteiger partial charge is 0.309 e. The molecule has 2 heteroatoms. The van der Waals surface area contributed by atoms with Gasteiger partial charge in [-0.3, -0.25) is 4.79 Å². The Kier molecular flexibility index (Phi) is 2.44. The van der Waals surface area contributed by atoms with Crippen LogP contribution in [0.3, 0.4) is 0 Å². The fourth-order valence-corrected chi connectivity index (χ4v) is 5.38. The number of hydrogen-bond acceptors (Lipinski definition) is 2. The summed E-state index contributed by atoms with van der Waals surface area (Å²) in [6.07, 6.45) is 10.7. The molecule has 0 radical (unpaired) electrons. The summed E-state index contributed by atoms with van der Waals surface area (Å²) < 4.78 is 5.94. The highest BCUT2D eigenvalue weighted by atomic mass is 16.5. The summed E-state index contributed by atoms with van der Waals surface area (Å²) in [5.41, 5.74) is 0.388. The first-order valence-electron chi connectivity index (χ1n) is 7.94. The van der Waals surface area contributed by atoms with Crippen LogP contribution in [0.1, 0.15) is 46.0 Å². The Morgan fingerprint density at radius 3 is 2.53 bits per heavy atom. The average Bonchev–Trinajstić information content (AvgIpc) is 3.09. The largest absolute Gasteiger partial charge is 0.462 e. The second kappa shape index (κ2) is 3.86. The molecule has 3 fully saturated rings. The molecule has 0 saturated heterocycles. The van der Waals surface area contributed by atoms with Crippen LogP contribution in [0.5, 0.6) is 0 Å². The molecule has 4 aliphatic rings. The summed E-state index contributed by atoms with van der Waals surface area (Å²) in [5.74, 6) is 2.77. The predicted molar refractivity (Wildman–Crippen MR) is 73.3 cm³/mol. The predicted octanol–water partition coefficient (Wildman–Crippen LogP) is 3.57. The Bertz CT molecular complexity index is 437. The highest BCUT2D eigenvalue weighted by molar-refractivity contribution is 5.74. The van der Waals surface area contributed by atoms with Crippen LogP contribution in [0.25, 0.3) is 0 Å². The van der Waals surface area contributed by atoms with Gasteiger partial charge < -0.3 is 4.74 Å². The SMILES string of the molecule is CC1(C)C2CCC1C(OC(=O)C1CC3C=CC1C3)C2. The minimum absolute atomic E-state index is 0.102. The van der Waals surface area contributed by atoms with Crippen LogP contribution in [-0.4, -0.2) is 12.1 Å². The molecule has 104 valence electrons. The van der Waals surface area contributed by atoms with Crippen molar-refractivity contribution in [2.75, 3.05) is 0 Å². The highest BCUT2D eigenvalue weighted by Gasteiger charge is 2.55. The third-order valence-electron chi connectivity index (χ3n) is 6.65. The Morgan fingerprint density at radius 1 is 1.16 bits per heavy atom. The van der Waals surface area contributed by atoms with Gasteiger partial charge in [0.05, 0.1) is 5.92 Å². The van der Waals surface area contributed by atoms with Crippen molar-refractivity contribution in [3.8, 4) is 0 Å². The van der Waals surface area contributed by atoms with Gasteiger partial charge in [-0.15, -0.1) is 0 Å². The lowest BCUT2D eigenvalue weighted by molar-refractivity contribution is -0.158. The maximum Gasteiger partial charge on any atom is 0.309 e. The molecule has 2 nitrogen and oxygen atoms in total. The van der Waals surface area contributed by atoms with E-state index in [1.54, 1.807) is 0 Å². The number of rotatable bonds is 2. The van der Waals surface area contributed by atoms with Crippen molar-refractivity contribution in [3.63, 3.8) is 0 Å². The lowest BCUT2D eigenvalue weighted by Gasteiger charge is -2.28. The van der Waals surface area contributed by atoms with E-state index in [1.807, 2.05) is 0 Å². The molecule has 19 heavy (non-hydrogen) atoms. The molecule has 4 aliphatic carbocycles. The maximum atomic E-state index is 12.4. The summed E-state index contributed by atoms with van der Waals surface area (Å²) in [5, 5.41) is 0. The van der Waals surface area contributed by atoms with Gasteiger partial charge in [0.15, 0.2) is 0 Å². The number of hydrogen-bond donors (Lipinski definition) is 0. The molecule has 0 aromatic heterocycles. The van der Waals surface area contributed by atoms with E-state index in [0.717, 1.165) is 18.8 Å². The quantitative estimate of drug-likeness (QED) is 0.560. The van der Waals surface area contributed by atoms with E-state index >= 15 is 0 Å². The van der Waals surface area contributed by atoms with Gasteiger partial charge in [0.2, 0.25) is 0 Å². The summed E-state index contributed by atoms with van der Waals surface area (Å²) in [6, 6.07) is 0. The van der Waals surface area contributed by atoms with Crippen LogP contribution in [0.4, 0.5) is 0 Å². The van der Waals surface area contributed by atoms with E-state index in [9.17, 15) is 4.79 Å². The normalized spacial score (nSPS) is 48.9. The van der Waals surface area contributed by atoms with Gasteiger partial charge in [-0.05, 0) is 55.3 Å². The standard InChI is InChI=1S/C17H24O2/c1-17(2)12-5-6-14(17)15(9-12)19-16(18)13-8-10-3-4-11(13)7-10/h3-4,10-15H,5-9H2,1-2H3. The third-order valence-corrected chi connectivity index (χ3v) is 6.65. The van der Waals surface area contributed by atoms with E-state index in [2.05, 4.69) is 26.0 Å². The maximum absolute atomic E-state index is 12.4. The van der Waals surface area contributed by atoms with Gasteiger partial charge in [0.1, 0.15) is 6.10 Å². The van der Waals surface area contributed by atoms with Crippen LogP contribution in [-0.2, 0) is 9.53 Å². The molecule has 3 saturated carbocycles. The molecule has 0 aromatic carbocycles. The fraction of sp³-hybridized carbons (Fsp3) is 0.824. The second-order valence-electron chi connectivity index (χ2n) is 7.80. The first-order chi connectivity index (χ1) is 9.05. The summed E-state index contributed by atoms with van der Waals surface area (Å²) in [4.78, 5) is 12.4. The van der Waals surface area contributed by atoms with Crippen LogP contribution < -0.4 is 0 Å². The average molecular weight is 260 g/mol. The molecule has 0 aliphatic heterocycles. The van der Waals surface area contributed by atoms with Crippen molar-refractivity contribution in [2.24, 2.45) is 35.0 Å². The van der Waals surface area contributed by atoms with Crippen molar-refractivity contribution in [1.29, 1.82) is 0 Å². The zero-order valence-electron chi connectivity index (χ0n) is 12.0. The summed E-state index contributed by atoms with van der Waals surface area (Å²) in [7, 11) is 0. The first-order valence-corrected chi connectivity index (χ1v) is 7.94. The van der Waals surface area contributed by atoms with Crippen molar-refractivity contribution in [1.82, 2.24) is 0 Å². The molecule has 0 amide bonds. The van der Waals surface area contributed by atoms with Gasteiger partial charge in [-0.1, -0.05) is 26.0 Å². The number of allylic oxidation sites excluding steroid dienone is 2. The minimum Gasteiger partial charge on any atom is -0.462 e. The van der Waals surface area contributed by atoms with Gasteiger partial charge in [-0.2, -0.15) is 0 Å². The molecule has 0 heterocycles. The number of carbonyl (C=O) groups excluding carboxylic acids is 1. The lowest BCUT2D eigenvalue weighted by atomic mass is 9.82. The van der Waals surface area contributed by atoms with E-state index in [0.29, 0.717) is 23.2 Å². The van der Waals surface area contributed by atoms with Gasteiger partial charge in [-0.25, -0.2) is 0 Å². The Balaban J connectivity index is 1.43. The second-order valence-corrected chi connectivity index (χ2v) is 7.80. The van der Waals surface area contributed by atoms with Gasteiger partial charge >= 0.3 is 5.97 Å². The molecule has 0 spiro atoms. The zero-order valence-corrected chi connectivity index (χ0v) is 12.0. The summed E-state index contributed by atoms with van der Waals surface area (Å²) in [6.45, 7) is 4.73. The molecule has 4 rings (SSSR count). The number of ether oxygens (including phenoxy) is 1. The zero-order chi connectivity index (χ0) is 13.2. The lowest BCUT2D eigenvalue weighted by Crippen LogP contribution is -2.31. The topological polar surface area (TPSA) is 26.3 Å². The fourth-order valence-electron chi connectivity index (χ4n) is 5.38. The number of carbonyl (C=O) groups is 1.